The summed E-state index contributed by atoms with van der Waals surface area (Å²) in [5.74, 6) is -0.539. The average molecular weight is 337 g/mol. The molecule has 0 aliphatic carbocycles. The van der Waals surface area contributed by atoms with Gasteiger partial charge in [-0.15, -0.1) is 0 Å². The predicted molar refractivity (Wildman–Crippen MR) is 82.0 cm³/mol. The normalized spacial score (nSPS) is 19.6. The lowest BCUT2D eigenvalue weighted by Gasteiger charge is -2.27. The van der Waals surface area contributed by atoms with E-state index in [2.05, 4.69) is 0 Å². The summed E-state index contributed by atoms with van der Waals surface area (Å²) < 4.78 is 41.7. The number of benzene rings is 1. The monoisotopic (exact) mass is 337 g/mol. The van der Waals surface area contributed by atoms with E-state index < -0.39 is 15.9 Å². The van der Waals surface area contributed by atoms with Gasteiger partial charge in [-0.2, -0.15) is 0 Å². The van der Waals surface area contributed by atoms with Crippen molar-refractivity contribution in [3.05, 3.63) is 59.8 Å². The first kappa shape index (κ1) is 15.7. The highest BCUT2D eigenvalue weighted by molar-refractivity contribution is 7.91. The van der Waals surface area contributed by atoms with Gasteiger partial charge in [0.15, 0.2) is 15.6 Å². The number of amides is 1. The van der Waals surface area contributed by atoms with Gasteiger partial charge < -0.3 is 9.32 Å². The van der Waals surface area contributed by atoms with Crippen LogP contribution in [0.2, 0.25) is 0 Å². The molecule has 3 rings (SSSR count). The molecule has 2 heterocycles. The quantitative estimate of drug-likeness (QED) is 0.858. The number of rotatable bonds is 4. The molecule has 1 amide bonds. The van der Waals surface area contributed by atoms with Gasteiger partial charge in [-0.1, -0.05) is 12.1 Å². The fourth-order valence-electron chi connectivity index (χ4n) is 2.72. The molecular formula is C16H16FNO4S. The Hall–Kier alpha value is -2.15. The molecule has 5 nitrogen and oxygen atoms in total. The second kappa shape index (κ2) is 6.16. The molecule has 1 aromatic carbocycles. The van der Waals surface area contributed by atoms with Crippen molar-refractivity contribution >= 4 is 15.7 Å². The Labute approximate surface area is 133 Å². The molecule has 122 valence electrons. The Balaban J connectivity index is 1.87. The van der Waals surface area contributed by atoms with Crippen LogP contribution in [0.1, 0.15) is 22.5 Å². The zero-order chi connectivity index (χ0) is 16.4. The highest BCUT2D eigenvalue weighted by Gasteiger charge is 2.35. The summed E-state index contributed by atoms with van der Waals surface area (Å²) in [5, 5.41) is 0. The highest BCUT2D eigenvalue weighted by Crippen LogP contribution is 2.22. The van der Waals surface area contributed by atoms with Gasteiger partial charge in [0.05, 0.1) is 17.8 Å². The van der Waals surface area contributed by atoms with Crippen LogP contribution >= 0.6 is 0 Å². The third-order valence-corrected chi connectivity index (χ3v) is 5.66. The van der Waals surface area contributed by atoms with Crippen LogP contribution in [-0.4, -0.2) is 36.8 Å². The number of hydrogen-bond donors (Lipinski definition) is 0. The van der Waals surface area contributed by atoms with E-state index in [4.69, 9.17) is 4.42 Å². The molecule has 1 saturated heterocycles. The Bertz CT molecular complexity index is 784. The zero-order valence-electron chi connectivity index (χ0n) is 12.3. The fraction of sp³-hybridized carbons (Fsp3) is 0.312. The van der Waals surface area contributed by atoms with Crippen LogP contribution in [-0.2, 0) is 16.4 Å². The number of nitrogens with zero attached hydrogens (tertiary/aromatic N) is 1. The Kier molecular flexibility index (Phi) is 4.21. The molecule has 0 radical (unpaired) electrons. The van der Waals surface area contributed by atoms with Crippen molar-refractivity contribution < 1.29 is 22.0 Å². The van der Waals surface area contributed by atoms with Gasteiger partial charge in [-0.25, -0.2) is 12.8 Å². The number of sulfone groups is 1. The molecule has 1 atom stereocenters. The van der Waals surface area contributed by atoms with E-state index in [0.717, 1.165) is 5.56 Å². The third-order valence-electron chi connectivity index (χ3n) is 3.91. The lowest BCUT2D eigenvalue weighted by molar-refractivity contribution is 0.0648. The maximum atomic E-state index is 13.0. The van der Waals surface area contributed by atoms with Gasteiger partial charge in [0, 0.05) is 12.6 Å². The molecule has 7 heteroatoms. The molecule has 0 spiro atoms. The number of halogens is 1. The molecule has 1 aliphatic rings. The van der Waals surface area contributed by atoms with Crippen LogP contribution in [0.3, 0.4) is 0 Å². The van der Waals surface area contributed by atoms with Gasteiger partial charge in [0.1, 0.15) is 5.82 Å². The summed E-state index contributed by atoms with van der Waals surface area (Å²) in [6, 6.07) is 8.55. The second-order valence-electron chi connectivity index (χ2n) is 5.59. The Morgan fingerprint density at radius 3 is 2.57 bits per heavy atom. The van der Waals surface area contributed by atoms with Gasteiger partial charge in [0.2, 0.25) is 0 Å². The maximum absolute atomic E-state index is 13.0. The van der Waals surface area contributed by atoms with Gasteiger partial charge in [-0.3, -0.25) is 4.79 Å². The van der Waals surface area contributed by atoms with E-state index >= 15 is 0 Å². The summed E-state index contributed by atoms with van der Waals surface area (Å²) in [4.78, 5) is 14.1. The molecule has 0 saturated carbocycles. The molecule has 23 heavy (non-hydrogen) atoms. The Morgan fingerprint density at radius 2 is 2.00 bits per heavy atom. The zero-order valence-corrected chi connectivity index (χ0v) is 13.1. The van der Waals surface area contributed by atoms with Gasteiger partial charge in [0.25, 0.3) is 5.91 Å². The largest absolute Gasteiger partial charge is 0.459 e. The van der Waals surface area contributed by atoms with E-state index in [1.54, 1.807) is 24.3 Å². The van der Waals surface area contributed by atoms with E-state index in [1.807, 2.05) is 0 Å². The lowest BCUT2D eigenvalue weighted by Crippen LogP contribution is -2.40. The van der Waals surface area contributed by atoms with E-state index in [0.29, 0.717) is 6.42 Å². The average Bonchev–Trinajstić information content (AvgIpc) is 3.15. The maximum Gasteiger partial charge on any atom is 0.290 e. The minimum atomic E-state index is -3.13. The molecule has 0 N–H and O–H groups in total. The highest BCUT2D eigenvalue weighted by atomic mass is 32.2. The Morgan fingerprint density at radius 1 is 1.26 bits per heavy atom. The predicted octanol–water partition coefficient (Wildman–Crippen LogP) is 2.25. The van der Waals surface area contributed by atoms with Crippen molar-refractivity contribution in [2.24, 2.45) is 0 Å². The summed E-state index contributed by atoms with van der Waals surface area (Å²) in [5.41, 5.74) is 0.732. The van der Waals surface area contributed by atoms with E-state index in [1.165, 1.54) is 23.3 Å². The molecule has 1 aliphatic heterocycles. The van der Waals surface area contributed by atoms with Crippen LogP contribution in [0.4, 0.5) is 4.39 Å². The molecule has 1 fully saturated rings. The number of hydrogen-bond acceptors (Lipinski definition) is 4. The SMILES string of the molecule is O=C(c1ccco1)N(Cc1ccc(F)cc1)C1CCS(=O)(=O)C1. The van der Waals surface area contributed by atoms with Crippen molar-refractivity contribution in [2.45, 2.75) is 19.0 Å². The molecule has 2 aromatic rings. The first-order chi connectivity index (χ1) is 10.9. The van der Waals surface area contributed by atoms with Crippen LogP contribution in [0.5, 0.6) is 0 Å². The van der Waals surface area contributed by atoms with E-state index in [-0.39, 0.29) is 35.5 Å². The van der Waals surface area contributed by atoms with Crippen molar-refractivity contribution in [3.63, 3.8) is 0 Å². The van der Waals surface area contributed by atoms with Gasteiger partial charge >= 0.3 is 0 Å². The van der Waals surface area contributed by atoms with Crippen molar-refractivity contribution in [2.75, 3.05) is 11.5 Å². The second-order valence-corrected chi connectivity index (χ2v) is 7.82. The fourth-order valence-corrected chi connectivity index (χ4v) is 4.45. The standard InChI is InChI=1S/C16H16FNO4S/c17-13-5-3-12(4-6-13)10-18(14-7-9-23(20,21)11-14)16(19)15-2-1-8-22-15/h1-6,8,14H,7,9-11H2. The number of carbonyl (C=O) groups is 1. The van der Waals surface area contributed by atoms with Gasteiger partial charge in [-0.05, 0) is 36.2 Å². The summed E-state index contributed by atoms with van der Waals surface area (Å²) >= 11 is 0. The number of furan rings is 1. The van der Waals surface area contributed by atoms with E-state index in [9.17, 15) is 17.6 Å². The minimum Gasteiger partial charge on any atom is -0.459 e. The van der Waals surface area contributed by atoms with Crippen molar-refractivity contribution in [1.82, 2.24) is 4.90 Å². The van der Waals surface area contributed by atoms with Crippen LogP contribution < -0.4 is 0 Å². The molecule has 1 unspecified atom stereocenters. The third kappa shape index (κ3) is 3.61. The number of carbonyl (C=O) groups excluding carboxylic acids is 1. The first-order valence-electron chi connectivity index (χ1n) is 7.24. The van der Waals surface area contributed by atoms with Crippen LogP contribution in [0.25, 0.3) is 0 Å². The summed E-state index contributed by atoms with van der Waals surface area (Å²) in [6.45, 7) is 0.208. The van der Waals surface area contributed by atoms with Crippen molar-refractivity contribution in [1.29, 1.82) is 0 Å². The topological polar surface area (TPSA) is 67.6 Å². The summed E-state index contributed by atoms with van der Waals surface area (Å²) in [6.07, 6.45) is 1.80. The summed E-state index contributed by atoms with van der Waals surface area (Å²) in [7, 11) is -3.13. The first-order valence-corrected chi connectivity index (χ1v) is 9.06. The lowest BCUT2D eigenvalue weighted by atomic mass is 10.1. The van der Waals surface area contributed by atoms with Crippen LogP contribution in [0.15, 0.2) is 47.1 Å². The molecular weight excluding hydrogens is 321 g/mol. The van der Waals surface area contributed by atoms with Crippen LogP contribution in [0, 0.1) is 5.82 Å². The molecule has 0 bridgehead atoms. The smallest absolute Gasteiger partial charge is 0.290 e. The molecule has 1 aromatic heterocycles. The minimum absolute atomic E-state index is 0.0549. The van der Waals surface area contributed by atoms with Crippen molar-refractivity contribution in [3.8, 4) is 0 Å².